The molecule has 0 atom stereocenters. The van der Waals surface area contributed by atoms with Crippen molar-refractivity contribution >= 4 is 16.2 Å². The highest BCUT2D eigenvalue weighted by Gasteiger charge is 2.44. The summed E-state index contributed by atoms with van der Waals surface area (Å²) in [6.45, 7) is 4.90. The van der Waals surface area contributed by atoms with Crippen molar-refractivity contribution in [2.75, 3.05) is 20.6 Å². The van der Waals surface area contributed by atoms with Crippen LogP contribution >= 0.6 is 0 Å². The number of aryl methyl sites for hydroxylation is 1. The molecule has 0 aliphatic heterocycles. The second-order valence-corrected chi connectivity index (χ2v) is 6.19. The van der Waals surface area contributed by atoms with Gasteiger partial charge in [0.2, 0.25) is 0 Å². The normalized spacial score (nSPS) is 11.8. The number of hydrogen-bond acceptors (Lipinski definition) is 3. The topological polar surface area (TPSA) is 57.6 Å². The highest BCUT2D eigenvalue weighted by Crippen LogP contribution is 2.20. The number of hydrogen-bond donors (Lipinski definition) is 1. The molecule has 0 aliphatic carbocycles. The van der Waals surface area contributed by atoms with E-state index < -0.39 is 15.6 Å². The molecule has 0 saturated heterocycles. The van der Waals surface area contributed by atoms with Gasteiger partial charge in [0.1, 0.15) is 0 Å². The first-order valence-electron chi connectivity index (χ1n) is 6.37. The second kappa shape index (κ2) is 8.92. The molecule has 0 bridgehead atoms. The monoisotopic (exact) mass is 339 g/mol. The fourth-order valence-corrected chi connectivity index (χ4v) is 1.42. The van der Waals surface area contributed by atoms with E-state index >= 15 is 0 Å². The lowest BCUT2D eigenvalue weighted by atomic mass is 10.1. The van der Waals surface area contributed by atoms with Gasteiger partial charge in [-0.25, -0.2) is 0 Å². The zero-order valence-corrected chi connectivity index (χ0v) is 13.3. The fraction of sp³-hybridized carbons (Fsp3) is 0.429. The van der Waals surface area contributed by atoms with E-state index in [1.165, 1.54) is 17.5 Å². The Morgan fingerprint density at radius 3 is 2.00 bits per heavy atom. The Kier molecular flexibility index (Phi) is 8.36. The SMILES string of the molecule is C=Cc1ccc(CCCN(C)C)cc1.O=S(=O)(O)C(F)(F)F. The van der Waals surface area contributed by atoms with Crippen LogP contribution in [-0.4, -0.2) is 44.0 Å². The van der Waals surface area contributed by atoms with Crippen LogP contribution in [0.4, 0.5) is 13.2 Å². The predicted molar refractivity (Wildman–Crippen MR) is 81.0 cm³/mol. The van der Waals surface area contributed by atoms with Crippen LogP contribution in [-0.2, 0) is 16.5 Å². The summed E-state index contributed by atoms with van der Waals surface area (Å²) in [5.41, 5.74) is -2.92. The number of alkyl halides is 3. The average Bonchev–Trinajstić information content (AvgIpc) is 2.37. The summed E-state index contributed by atoms with van der Waals surface area (Å²) in [4.78, 5) is 2.22. The summed E-state index contributed by atoms with van der Waals surface area (Å²) in [5.74, 6) is 0. The molecular weight excluding hydrogens is 319 g/mol. The molecule has 0 spiro atoms. The van der Waals surface area contributed by atoms with Crippen molar-refractivity contribution in [2.45, 2.75) is 18.3 Å². The van der Waals surface area contributed by atoms with Gasteiger partial charge in [-0.1, -0.05) is 36.9 Å². The third kappa shape index (κ3) is 8.81. The minimum atomic E-state index is -5.84. The molecule has 22 heavy (non-hydrogen) atoms. The van der Waals surface area contributed by atoms with Crippen LogP contribution in [0.2, 0.25) is 0 Å². The highest BCUT2D eigenvalue weighted by atomic mass is 32.2. The number of halogens is 3. The van der Waals surface area contributed by atoms with Crippen molar-refractivity contribution in [1.82, 2.24) is 4.90 Å². The molecule has 1 N–H and O–H groups in total. The molecule has 1 aromatic carbocycles. The molecule has 0 fully saturated rings. The van der Waals surface area contributed by atoms with Crippen LogP contribution in [0.3, 0.4) is 0 Å². The van der Waals surface area contributed by atoms with Gasteiger partial charge in [-0.2, -0.15) is 21.6 Å². The van der Waals surface area contributed by atoms with Gasteiger partial charge in [-0.3, -0.25) is 4.55 Å². The minimum Gasteiger partial charge on any atom is -0.309 e. The summed E-state index contributed by atoms with van der Waals surface area (Å²) in [6, 6.07) is 8.62. The van der Waals surface area contributed by atoms with Crippen molar-refractivity contribution in [3.05, 3.63) is 42.0 Å². The van der Waals surface area contributed by atoms with E-state index in [-0.39, 0.29) is 0 Å². The van der Waals surface area contributed by atoms with Crippen LogP contribution in [0.1, 0.15) is 17.5 Å². The molecule has 0 heterocycles. The molecule has 8 heteroatoms. The number of benzene rings is 1. The van der Waals surface area contributed by atoms with Crippen LogP contribution in [0.15, 0.2) is 30.8 Å². The van der Waals surface area contributed by atoms with E-state index in [9.17, 15) is 13.2 Å². The Hall–Kier alpha value is -1.38. The second-order valence-electron chi connectivity index (χ2n) is 4.77. The largest absolute Gasteiger partial charge is 0.522 e. The van der Waals surface area contributed by atoms with Gasteiger partial charge in [-0.05, 0) is 44.6 Å². The lowest BCUT2D eigenvalue weighted by Gasteiger charge is -2.08. The molecule has 0 unspecified atom stereocenters. The Labute approximate surface area is 129 Å². The summed E-state index contributed by atoms with van der Waals surface area (Å²) >= 11 is 0. The van der Waals surface area contributed by atoms with Crippen molar-refractivity contribution in [1.29, 1.82) is 0 Å². The van der Waals surface area contributed by atoms with Crippen LogP contribution in [0, 0.1) is 0 Å². The number of nitrogens with zero attached hydrogens (tertiary/aromatic N) is 1. The Bertz CT molecular complexity index is 552. The van der Waals surface area contributed by atoms with Gasteiger partial charge in [0.05, 0.1) is 0 Å². The fourth-order valence-electron chi connectivity index (χ4n) is 1.42. The van der Waals surface area contributed by atoms with E-state index in [1.54, 1.807) is 0 Å². The van der Waals surface area contributed by atoms with Crippen LogP contribution in [0.5, 0.6) is 0 Å². The summed E-state index contributed by atoms with van der Waals surface area (Å²) in [7, 11) is -1.62. The summed E-state index contributed by atoms with van der Waals surface area (Å²) in [5, 5.41) is 0. The first kappa shape index (κ1) is 20.6. The maximum atomic E-state index is 10.7. The molecule has 0 amide bonds. The van der Waals surface area contributed by atoms with E-state index in [4.69, 9.17) is 13.0 Å². The lowest BCUT2D eigenvalue weighted by molar-refractivity contribution is -0.0510. The molecule has 1 rings (SSSR count). The zero-order chi connectivity index (χ0) is 17.4. The first-order chi connectivity index (χ1) is 9.97. The van der Waals surface area contributed by atoms with Crippen LogP contribution in [0.25, 0.3) is 6.08 Å². The van der Waals surface area contributed by atoms with Crippen molar-refractivity contribution in [3.63, 3.8) is 0 Å². The Morgan fingerprint density at radius 1 is 1.23 bits per heavy atom. The van der Waals surface area contributed by atoms with Gasteiger partial charge >= 0.3 is 15.6 Å². The van der Waals surface area contributed by atoms with Gasteiger partial charge in [0, 0.05) is 0 Å². The first-order valence-corrected chi connectivity index (χ1v) is 7.81. The predicted octanol–water partition coefficient (Wildman–Crippen LogP) is 3.22. The van der Waals surface area contributed by atoms with Gasteiger partial charge < -0.3 is 4.90 Å². The smallest absolute Gasteiger partial charge is 0.309 e. The minimum absolute atomic E-state index is 1.16. The van der Waals surface area contributed by atoms with Gasteiger partial charge in [0.25, 0.3) is 0 Å². The van der Waals surface area contributed by atoms with E-state index in [2.05, 4.69) is 49.8 Å². The molecule has 1 aromatic rings. The van der Waals surface area contributed by atoms with Crippen molar-refractivity contribution < 1.29 is 26.1 Å². The maximum absolute atomic E-state index is 10.7. The highest BCUT2D eigenvalue weighted by molar-refractivity contribution is 7.86. The molecule has 126 valence electrons. The summed E-state index contributed by atoms with van der Waals surface area (Å²) < 4.78 is 57.5. The number of rotatable bonds is 5. The standard InChI is InChI=1S/C13H19N.CHF3O3S/c1-4-12-7-9-13(10-8-12)6-5-11-14(2)3;2-1(3,4)8(5,6)7/h4,7-10H,1,5-6,11H2,2-3H3;(H,5,6,7). The molecule has 0 radical (unpaired) electrons. The third-order valence-electron chi connectivity index (χ3n) is 2.58. The lowest BCUT2D eigenvalue weighted by Crippen LogP contribution is -2.21. The van der Waals surface area contributed by atoms with Gasteiger partial charge in [0.15, 0.2) is 0 Å². The Balaban J connectivity index is 0.000000472. The van der Waals surface area contributed by atoms with E-state index in [1.807, 2.05) is 6.08 Å². The van der Waals surface area contributed by atoms with E-state index in [0.717, 1.165) is 13.0 Å². The molecule has 4 nitrogen and oxygen atoms in total. The Morgan fingerprint density at radius 2 is 1.68 bits per heavy atom. The van der Waals surface area contributed by atoms with Gasteiger partial charge in [-0.15, -0.1) is 0 Å². The van der Waals surface area contributed by atoms with Crippen molar-refractivity contribution in [3.8, 4) is 0 Å². The quantitative estimate of drug-likeness (QED) is 0.661. The average molecular weight is 339 g/mol. The molecule has 0 aromatic heterocycles. The third-order valence-corrected chi connectivity index (χ3v) is 3.16. The zero-order valence-electron chi connectivity index (χ0n) is 12.5. The molecular formula is C14H20F3NO3S. The maximum Gasteiger partial charge on any atom is 0.522 e. The summed E-state index contributed by atoms with van der Waals surface area (Å²) in [6.07, 6.45) is 4.26. The van der Waals surface area contributed by atoms with Crippen molar-refractivity contribution in [2.24, 2.45) is 0 Å². The van der Waals surface area contributed by atoms with E-state index in [0.29, 0.717) is 0 Å². The molecule has 0 aliphatic rings. The van der Waals surface area contributed by atoms with Crippen LogP contribution < -0.4 is 0 Å². The molecule has 0 saturated carbocycles.